The molecule has 0 saturated carbocycles. The van der Waals surface area contributed by atoms with Gasteiger partial charge in [0.25, 0.3) is 5.91 Å². The van der Waals surface area contributed by atoms with E-state index < -0.39 is 0 Å². The number of carbonyl (C=O) groups excluding carboxylic acids is 1. The minimum absolute atomic E-state index is 0.0843. The fourth-order valence-electron chi connectivity index (χ4n) is 2.63. The first-order valence-electron chi connectivity index (χ1n) is 8.50. The number of nitrogens with one attached hydrogen (secondary N) is 1. The van der Waals surface area contributed by atoms with E-state index in [9.17, 15) is 4.79 Å². The molecule has 0 heterocycles. The average Bonchev–Trinajstić information content (AvgIpc) is 2.73. The topological polar surface area (TPSA) is 56.8 Å². The molecule has 3 aromatic carbocycles. The van der Waals surface area contributed by atoms with Gasteiger partial charge in [0.2, 0.25) is 0 Å². The summed E-state index contributed by atoms with van der Waals surface area (Å²) < 4.78 is 16.0. The lowest BCUT2D eigenvalue weighted by molar-refractivity contribution is -0.118. The van der Waals surface area contributed by atoms with E-state index in [-0.39, 0.29) is 12.5 Å². The quantitative estimate of drug-likeness (QED) is 0.676. The monoisotopic (exact) mass is 363 g/mol. The number of benzene rings is 3. The Morgan fingerprint density at radius 3 is 2.15 bits per heavy atom. The zero-order chi connectivity index (χ0) is 19.1. The van der Waals surface area contributed by atoms with Gasteiger partial charge >= 0.3 is 0 Å². The predicted molar refractivity (Wildman–Crippen MR) is 106 cm³/mol. The molecule has 138 valence electrons. The van der Waals surface area contributed by atoms with Crippen LogP contribution in [0.3, 0.4) is 0 Å². The van der Waals surface area contributed by atoms with Gasteiger partial charge in [-0.2, -0.15) is 0 Å². The average molecular weight is 363 g/mol. The second kappa shape index (κ2) is 8.76. The molecule has 0 saturated heterocycles. The van der Waals surface area contributed by atoms with Gasteiger partial charge in [-0.3, -0.25) is 4.79 Å². The number of hydrogen-bond acceptors (Lipinski definition) is 4. The third-order valence-electron chi connectivity index (χ3n) is 4.00. The number of hydrogen-bond donors (Lipinski definition) is 1. The fraction of sp³-hybridized carbons (Fsp3) is 0.136. The molecule has 0 unspecified atom stereocenters. The maximum absolute atomic E-state index is 12.1. The van der Waals surface area contributed by atoms with Crippen LogP contribution in [-0.2, 0) is 4.79 Å². The number of anilines is 1. The zero-order valence-corrected chi connectivity index (χ0v) is 15.3. The highest BCUT2D eigenvalue weighted by Gasteiger charge is 2.08. The Bertz CT molecular complexity index is 892. The summed E-state index contributed by atoms with van der Waals surface area (Å²) in [5, 5.41) is 2.78. The van der Waals surface area contributed by atoms with Gasteiger partial charge in [0, 0.05) is 11.8 Å². The molecule has 0 aliphatic rings. The van der Waals surface area contributed by atoms with Crippen molar-refractivity contribution in [3.8, 4) is 28.4 Å². The molecule has 5 heteroatoms. The molecule has 0 radical (unpaired) electrons. The van der Waals surface area contributed by atoms with Gasteiger partial charge in [0.1, 0.15) is 5.75 Å². The van der Waals surface area contributed by atoms with Crippen molar-refractivity contribution in [3.05, 3.63) is 72.8 Å². The SMILES string of the molecule is COc1ccc(NC(=O)COc2ccc(-c3ccccc3)cc2)cc1OC. The van der Waals surface area contributed by atoms with Crippen molar-refractivity contribution >= 4 is 11.6 Å². The lowest BCUT2D eigenvalue weighted by atomic mass is 10.1. The largest absolute Gasteiger partial charge is 0.493 e. The zero-order valence-electron chi connectivity index (χ0n) is 15.3. The number of carbonyl (C=O) groups is 1. The van der Waals surface area contributed by atoms with Crippen LogP contribution < -0.4 is 19.5 Å². The molecule has 1 amide bonds. The molecule has 0 aromatic heterocycles. The Hall–Kier alpha value is -3.47. The molecule has 0 spiro atoms. The molecular formula is C22H21NO4. The Morgan fingerprint density at radius 2 is 1.48 bits per heavy atom. The van der Waals surface area contributed by atoms with Crippen molar-refractivity contribution < 1.29 is 19.0 Å². The molecule has 0 bridgehead atoms. The molecular weight excluding hydrogens is 342 g/mol. The van der Waals surface area contributed by atoms with Crippen LogP contribution >= 0.6 is 0 Å². The lowest BCUT2D eigenvalue weighted by Gasteiger charge is -2.11. The minimum atomic E-state index is -0.255. The molecule has 0 aliphatic heterocycles. The normalized spacial score (nSPS) is 10.1. The van der Waals surface area contributed by atoms with E-state index in [1.165, 1.54) is 0 Å². The van der Waals surface area contributed by atoms with Crippen LogP contribution in [0.2, 0.25) is 0 Å². The van der Waals surface area contributed by atoms with Gasteiger partial charge in [-0.05, 0) is 35.4 Å². The molecule has 0 fully saturated rings. The van der Waals surface area contributed by atoms with Crippen molar-refractivity contribution in [2.45, 2.75) is 0 Å². The number of amides is 1. The Kier molecular flexibility index (Phi) is 5.94. The first-order chi connectivity index (χ1) is 13.2. The third-order valence-corrected chi connectivity index (χ3v) is 4.00. The van der Waals surface area contributed by atoms with E-state index in [1.54, 1.807) is 32.4 Å². The van der Waals surface area contributed by atoms with Crippen LogP contribution in [0.5, 0.6) is 17.2 Å². The maximum Gasteiger partial charge on any atom is 0.262 e. The van der Waals surface area contributed by atoms with E-state index in [1.807, 2.05) is 54.6 Å². The van der Waals surface area contributed by atoms with Crippen molar-refractivity contribution in [1.29, 1.82) is 0 Å². The van der Waals surface area contributed by atoms with Gasteiger partial charge in [-0.25, -0.2) is 0 Å². The Morgan fingerprint density at radius 1 is 0.815 bits per heavy atom. The minimum Gasteiger partial charge on any atom is -0.493 e. The van der Waals surface area contributed by atoms with Crippen LogP contribution in [0.4, 0.5) is 5.69 Å². The molecule has 3 aromatic rings. The summed E-state index contributed by atoms with van der Waals surface area (Å²) >= 11 is 0. The Balaban J connectivity index is 1.56. The molecule has 1 N–H and O–H groups in total. The van der Waals surface area contributed by atoms with Crippen molar-refractivity contribution in [2.75, 3.05) is 26.1 Å². The van der Waals surface area contributed by atoms with Gasteiger partial charge in [-0.1, -0.05) is 42.5 Å². The summed E-state index contributed by atoms with van der Waals surface area (Å²) in [6.45, 7) is -0.0843. The van der Waals surface area contributed by atoms with E-state index >= 15 is 0 Å². The summed E-state index contributed by atoms with van der Waals surface area (Å²) in [4.78, 5) is 12.1. The highest BCUT2D eigenvalue weighted by Crippen LogP contribution is 2.29. The third kappa shape index (κ3) is 4.79. The molecule has 0 atom stereocenters. The highest BCUT2D eigenvalue weighted by atomic mass is 16.5. The fourth-order valence-corrected chi connectivity index (χ4v) is 2.63. The van der Waals surface area contributed by atoms with Crippen LogP contribution in [0.15, 0.2) is 72.8 Å². The summed E-state index contributed by atoms with van der Waals surface area (Å²) in [6.07, 6.45) is 0. The Labute approximate surface area is 158 Å². The number of rotatable bonds is 7. The first kappa shape index (κ1) is 18.3. The smallest absolute Gasteiger partial charge is 0.262 e. The second-order valence-corrected chi connectivity index (χ2v) is 5.80. The van der Waals surface area contributed by atoms with E-state index in [2.05, 4.69) is 5.32 Å². The van der Waals surface area contributed by atoms with Gasteiger partial charge in [-0.15, -0.1) is 0 Å². The van der Waals surface area contributed by atoms with E-state index in [0.29, 0.717) is 22.9 Å². The van der Waals surface area contributed by atoms with Crippen LogP contribution in [0.1, 0.15) is 0 Å². The standard InChI is InChI=1S/C22H21NO4/c1-25-20-13-10-18(14-21(20)26-2)23-22(24)15-27-19-11-8-17(9-12-19)16-6-4-3-5-7-16/h3-14H,15H2,1-2H3,(H,23,24). The summed E-state index contributed by atoms with van der Waals surface area (Å²) in [5.41, 5.74) is 2.84. The van der Waals surface area contributed by atoms with Crippen molar-refractivity contribution in [3.63, 3.8) is 0 Å². The number of ether oxygens (including phenoxy) is 3. The van der Waals surface area contributed by atoms with E-state index in [4.69, 9.17) is 14.2 Å². The summed E-state index contributed by atoms with van der Waals surface area (Å²) in [5.74, 6) is 1.53. The van der Waals surface area contributed by atoms with Crippen molar-refractivity contribution in [2.24, 2.45) is 0 Å². The predicted octanol–water partition coefficient (Wildman–Crippen LogP) is 4.39. The van der Waals surface area contributed by atoms with Gasteiger partial charge < -0.3 is 19.5 Å². The van der Waals surface area contributed by atoms with Crippen molar-refractivity contribution in [1.82, 2.24) is 0 Å². The first-order valence-corrected chi connectivity index (χ1v) is 8.50. The molecule has 0 aliphatic carbocycles. The molecule has 27 heavy (non-hydrogen) atoms. The lowest BCUT2D eigenvalue weighted by Crippen LogP contribution is -2.20. The molecule has 3 rings (SSSR count). The highest BCUT2D eigenvalue weighted by molar-refractivity contribution is 5.92. The maximum atomic E-state index is 12.1. The number of methoxy groups -OCH3 is 2. The summed E-state index contributed by atoms with van der Waals surface area (Å²) in [6, 6.07) is 22.9. The second-order valence-electron chi connectivity index (χ2n) is 5.80. The van der Waals surface area contributed by atoms with Gasteiger partial charge in [0.05, 0.1) is 14.2 Å². The summed E-state index contributed by atoms with van der Waals surface area (Å²) in [7, 11) is 3.11. The van der Waals surface area contributed by atoms with Crippen LogP contribution in [0.25, 0.3) is 11.1 Å². The van der Waals surface area contributed by atoms with Crippen LogP contribution in [-0.4, -0.2) is 26.7 Å². The molecule has 5 nitrogen and oxygen atoms in total. The van der Waals surface area contributed by atoms with Crippen LogP contribution in [0, 0.1) is 0 Å². The van der Waals surface area contributed by atoms with E-state index in [0.717, 1.165) is 11.1 Å². The van der Waals surface area contributed by atoms with Gasteiger partial charge in [0.15, 0.2) is 18.1 Å².